The molecule has 6 atom stereocenters. The largest absolute Gasteiger partial charge is 0.494 e. The molecule has 10 heteroatoms. The Kier molecular flexibility index (Phi) is 9.32. The van der Waals surface area contributed by atoms with Crippen LogP contribution in [0.3, 0.4) is 0 Å². The second-order valence-corrected chi connectivity index (χ2v) is 14.6. The molecule has 1 spiro atoms. The molecule has 3 fully saturated rings. The number of thioether (sulfide) groups is 1. The highest BCUT2D eigenvalue weighted by molar-refractivity contribution is 9.09. The lowest BCUT2D eigenvalue weighted by molar-refractivity contribution is -0.139. The Morgan fingerprint density at radius 2 is 1.67 bits per heavy atom. The molecular weight excluding hydrogens is 666 g/mol. The van der Waals surface area contributed by atoms with Crippen molar-refractivity contribution in [2.24, 2.45) is 11.8 Å². The molecule has 3 aromatic carbocycles. The van der Waals surface area contributed by atoms with Crippen LogP contribution in [0.2, 0.25) is 0 Å². The molecule has 3 amide bonds. The van der Waals surface area contributed by atoms with Gasteiger partial charge in [-0.2, -0.15) is 0 Å². The summed E-state index contributed by atoms with van der Waals surface area (Å²) in [5, 5.41) is 11.9. The Labute approximate surface area is 282 Å². The monoisotopic (exact) mass is 703 g/mol. The normalized spacial score (nSPS) is 26.2. The van der Waals surface area contributed by atoms with Crippen molar-refractivity contribution in [1.29, 1.82) is 0 Å². The molecule has 3 saturated heterocycles. The highest BCUT2D eigenvalue weighted by Crippen LogP contribution is 2.68. The first-order valence-electron chi connectivity index (χ1n) is 15.6. The second kappa shape index (κ2) is 13.3. The number of anilines is 2. The van der Waals surface area contributed by atoms with E-state index in [1.807, 2.05) is 73.7 Å². The van der Waals surface area contributed by atoms with Gasteiger partial charge in [-0.15, -0.1) is 24.9 Å². The predicted octanol–water partition coefficient (Wildman–Crippen LogP) is 5.43. The molecule has 1 N–H and O–H groups in total. The van der Waals surface area contributed by atoms with Crippen LogP contribution in [0.25, 0.3) is 10.8 Å². The lowest BCUT2D eigenvalue weighted by Crippen LogP contribution is -2.56. The van der Waals surface area contributed by atoms with Crippen molar-refractivity contribution in [2.45, 2.75) is 34.2 Å². The molecule has 46 heavy (non-hydrogen) atoms. The van der Waals surface area contributed by atoms with Crippen molar-refractivity contribution < 1.29 is 24.2 Å². The van der Waals surface area contributed by atoms with E-state index < -0.39 is 22.6 Å². The quantitative estimate of drug-likeness (QED) is 0.200. The van der Waals surface area contributed by atoms with Crippen LogP contribution in [-0.4, -0.2) is 81.4 Å². The van der Waals surface area contributed by atoms with Gasteiger partial charge in [-0.3, -0.25) is 14.4 Å². The van der Waals surface area contributed by atoms with E-state index in [2.05, 4.69) is 29.1 Å². The summed E-state index contributed by atoms with van der Waals surface area (Å²) in [4.78, 5) is 48.6. The summed E-state index contributed by atoms with van der Waals surface area (Å²) in [6.07, 6.45) is 3.90. The Balaban J connectivity index is 1.39. The average Bonchev–Trinajstić information content (AvgIpc) is 3.65. The maximum Gasteiger partial charge on any atom is 0.251 e. The number of fused-ring (bicyclic) bond motifs is 2. The van der Waals surface area contributed by atoms with Gasteiger partial charge in [0, 0.05) is 41.1 Å². The number of ether oxygens (including phenoxy) is 1. The zero-order chi connectivity index (χ0) is 32.6. The van der Waals surface area contributed by atoms with Crippen LogP contribution in [0.5, 0.6) is 5.75 Å². The van der Waals surface area contributed by atoms with Crippen LogP contribution in [0.1, 0.15) is 13.3 Å². The van der Waals surface area contributed by atoms with Gasteiger partial charge in [0.2, 0.25) is 11.8 Å². The highest BCUT2D eigenvalue weighted by Gasteiger charge is 2.76. The van der Waals surface area contributed by atoms with Crippen molar-refractivity contribution in [1.82, 2.24) is 4.90 Å². The number of likely N-dealkylation sites (tertiary alicyclic amines) is 1. The number of benzene rings is 3. The van der Waals surface area contributed by atoms with Gasteiger partial charge in [0.1, 0.15) is 11.8 Å². The van der Waals surface area contributed by atoms with Gasteiger partial charge in [0.15, 0.2) is 0 Å². The summed E-state index contributed by atoms with van der Waals surface area (Å²) in [6.45, 7) is 10.5. The van der Waals surface area contributed by atoms with E-state index in [1.54, 1.807) is 33.7 Å². The van der Waals surface area contributed by atoms with Gasteiger partial charge in [-0.05, 0) is 60.5 Å². The van der Waals surface area contributed by atoms with E-state index in [0.717, 1.165) is 10.8 Å². The highest BCUT2D eigenvalue weighted by atomic mass is 79.9. The molecular formula is C36H38BrN3O5S. The smallest absolute Gasteiger partial charge is 0.251 e. The summed E-state index contributed by atoms with van der Waals surface area (Å²) in [6, 6.07) is 20.3. The first kappa shape index (κ1) is 32.3. The van der Waals surface area contributed by atoms with Crippen LogP contribution in [0, 0.1) is 11.8 Å². The molecule has 6 rings (SSSR count). The van der Waals surface area contributed by atoms with Gasteiger partial charge < -0.3 is 24.5 Å². The standard InChI is InChI=1S/C36H38BrN3O5S/c1-4-17-38(25-13-15-27(16-14-25)45-6-3)33(42)29-30-34(43)40(19-20-41)32(36(30)22-28(37)31(29)46-36)35(44)39(18-5-2)26-12-11-23-9-7-8-10-24(23)21-26/h4-5,7-16,21,28-32,41H,1-2,6,17-20,22H2,3H3/t28?,29-,30+,31-,32?,36?/m1/s1. The predicted molar refractivity (Wildman–Crippen MR) is 188 cm³/mol. The summed E-state index contributed by atoms with van der Waals surface area (Å²) in [5.74, 6) is -1.37. The third-order valence-electron chi connectivity index (χ3n) is 9.31. The van der Waals surface area contributed by atoms with Crippen LogP contribution < -0.4 is 14.5 Å². The van der Waals surface area contributed by atoms with Crippen LogP contribution >= 0.6 is 27.7 Å². The zero-order valence-corrected chi connectivity index (χ0v) is 28.2. The van der Waals surface area contributed by atoms with Gasteiger partial charge in [0.25, 0.3) is 5.91 Å². The Morgan fingerprint density at radius 1 is 1.02 bits per heavy atom. The van der Waals surface area contributed by atoms with Crippen molar-refractivity contribution in [3.05, 3.63) is 92.0 Å². The summed E-state index contributed by atoms with van der Waals surface area (Å²) in [5.41, 5.74) is 1.38. The van der Waals surface area contributed by atoms with E-state index in [0.29, 0.717) is 30.2 Å². The fourth-order valence-electron chi connectivity index (χ4n) is 7.50. The van der Waals surface area contributed by atoms with E-state index in [-0.39, 0.29) is 54.0 Å². The van der Waals surface area contributed by atoms with Crippen molar-refractivity contribution in [3.63, 3.8) is 0 Å². The molecule has 2 bridgehead atoms. The third-order valence-corrected chi connectivity index (χ3v) is 12.5. The number of amides is 3. The van der Waals surface area contributed by atoms with Crippen LogP contribution in [-0.2, 0) is 14.4 Å². The number of alkyl halides is 1. The van der Waals surface area contributed by atoms with E-state index in [9.17, 15) is 19.5 Å². The molecule has 0 aromatic heterocycles. The number of nitrogens with zero attached hydrogens (tertiary/aromatic N) is 3. The minimum Gasteiger partial charge on any atom is -0.494 e. The summed E-state index contributed by atoms with van der Waals surface area (Å²) in [7, 11) is 0. The molecule has 0 saturated carbocycles. The van der Waals surface area contributed by atoms with Gasteiger partial charge >= 0.3 is 0 Å². The first-order chi connectivity index (χ1) is 22.3. The average molecular weight is 705 g/mol. The molecule has 0 radical (unpaired) electrons. The van der Waals surface area contributed by atoms with Crippen molar-refractivity contribution in [2.75, 3.05) is 42.6 Å². The fourth-order valence-corrected chi connectivity index (χ4v) is 11.1. The number of aliphatic hydroxyl groups excluding tert-OH is 1. The van der Waals surface area contributed by atoms with E-state index >= 15 is 0 Å². The SMILES string of the molecule is C=CCN(C(=O)C1N(CCO)C(=O)[C@@H]2[C@@H](C(=O)N(CC=C)c3ccc(OCC)cc3)[C@@H]3SC12CC3Br)c1ccc2ccccc2c1. The maximum atomic E-state index is 14.8. The minimum absolute atomic E-state index is 0.00148. The van der Waals surface area contributed by atoms with E-state index in [1.165, 1.54) is 4.90 Å². The molecule has 3 heterocycles. The minimum atomic E-state index is -0.866. The molecule has 3 unspecified atom stereocenters. The molecule has 8 nitrogen and oxygen atoms in total. The van der Waals surface area contributed by atoms with Gasteiger partial charge in [-0.25, -0.2) is 0 Å². The maximum absolute atomic E-state index is 14.8. The summed E-state index contributed by atoms with van der Waals surface area (Å²) < 4.78 is 4.75. The van der Waals surface area contributed by atoms with E-state index in [4.69, 9.17) is 4.74 Å². The Hall–Kier alpha value is -3.60. The lowest BCUT2D eigenvalue weighted by atomic mass is 9.70. The second-order valence-electron chi connectivity index (χ2n) is 11.9. The number of β-amino-alcohol motifs (C(OH)–C–C–N with tert-alkyl or cyclic N) is 1. The number of halogens is 1. The Bertz CT molecular complexity index is 1670. The number of hydrogen-bond acceptors (Lipinski definition) is 6. The van der Waals surface area contributed by atoms with Gasteiger partial charge in [-0.1, -0.05) is 58.4 Å². The van der Waals surface area contributed by atoms with Crippen LogP contribution in [0.4, 0.5) is 11.4 Å². The molecule has 3 aromatic rings. The number of aliphatic hydroxyl groups is 1. The van der Waals surface area contributed by atoms with Crippen LogP contribution in [0.15, 0.2) is 92.0 Å². The molecule has 240 valence electrons. The lowest BCUT2D eigenvalue weighted by Gasteiger charge is -2.38. The number of carbonyl (C=O) groups is 3. The van der Waals surface area contributed by atoms with Crippen molar-refractivity contribution >= 4 is 67.6 Å². The van der Waals surface area contributed by atoms with Gasteiger partial charge in [0.05, 0.1) is 29.8 Å². The Morgan fingerprint density at radius 3 is 2.33 bits per heavy atom. The number of hydrogen-bond donors (Lipinski definition) is 1. The van der Waals surface area contributed by atoms with Crippen molar-refractivity contribution in [3.8, 4) is 5.75 Å². The number of carbonyl (C=O) groups excluding carboxylic acids is 3. The zero-order valence-electron chi connectivity index (χ0n) is 25.8. The third kappa shape index (κ3) is 5.34. The number of rotatable bonds is 12. The first-order valence-corrected chi connectivity index (χ1v) is 17.4. The fraction of sp³-hybridized carbons (Fsp3) is 0.361. The topological polar surface area (TPSA) is 90.4 Å². The molecule has 3 aliphatic heterocycles. The molecule has 3 aliphatic rings. The molecule has 0 aliphatic carbocycles. The summed E-state index contributed by atoms with van der Waals surface area (Å²) >= 11 is 5.43.